The molecule has 1 aliphatic heterocycles. The second-order valence-electron chi connectivity index (χ2n) is 5.90. The van der Waals surface area contributed by atoms with Crippen molar-refractivity contribution in [2.24, 2.45) is 11.7 Å². The number of anilines is 1. The van der Waals surface area contributed by atoms with Crippen LogP contribution < -0.4 is 10.6 Å². The number of benzene rings is 1. The summed E-state index contributed by atoms with van der Waals surface area (Å²) in [5.41, 5.74) is 6.73. The van der Waals surface area contributed by atoms with E-state index in [-0.39, 0.29) is 42.2 Å². The maximum atomic E-state index is 12.7. The monoisotopic (exact) mass is 339 g/mol. The van der Waals surface area contributed by atoms with E-state index in [1.807, 2.05) is 51.1 Å². The highest BCUT2D eigenvalue weighted by Crippen LogP contribution is 2.25. The summed E-state index contributed by atoms with van der Waals surface area (Å²) in [5, 5.41) is 0. The second kappa shape index (κ2) is 8.31. The average Bonchev–Trinajstić information content (AvgIpc) is 2.89. The number of likely N-dealkylation sites (N-methyl/N-ethyl adjacent to an activating group) is 1. The van der Waals surface area contributed by atoms with Gasteiger partial charge in [0.15, 0.2) is 0 Å². The number of hydrogen-bond acceptors (Lipinski definition) is 3. The zero-order chi connectivity index (χ0) is 16.3. The zero-order valence-electron chi connectivity index (χ0n) is 13.9. The Labute approximate surface area is 144 Å². The van der Waals surface area contributed by atoms with E-state index >= 15 is 0 Å². The summed E-state index contributed by atoms with van der Waals surface area (Å²) in [6, 6.07) is 9.00. The van der Waals surface area contributed by atoms with Crippen LogP contribution in [0, 0.1) is 5.92 Å². The summed E-state index contributed by atoms with van der Waals surface area (Å²) in [6.07, 6.45) is 0.666. The van der Waals surface area contributed by atoms with Gasteiger partial charge >= 0.3 is 0 Å². The van der Waals surface area contributed by atoms with E-state index in [0.29, 0.717) is 19.5 Å². The van der Waals surface area contributed by atoms with Crippen LogP contribution in [0.5, 0.6) is 0 Å². The van der Waals surface area contributed by atoms with Crippen molar-refractivity contribution < 1.29 is 9.59 Å². The maximum Gasteiger partial charge on any atom is 0.249 e. The molecule has 2 N–H and O–H groups in total. The van der Waals surface area contributed by atoms with Crippen LogP contribution in [0.3, 0.4) is 0 Å². The third kappa shape index (κ3) is 4.03. The number of carbonyl (C=O) groups excluding carboxylic acids is 2. The lowest BCUT2D eigenvalue weighted by Gasteiger charge is -2.30. The lowest BCUT2D eigenvalue weighted by Crippen LogP contribution is -2.49. The van der Waals surface area contributed by atoms with Crippen LogP contribution >= 0.6 is 12.4 Å². The Kier molecular flexibility index (Phi) is 7.03. The topological polar surface area (TPSA) is 66.6 Å². The third-order valence-corrected chi connectivity index (χ3v) is 4.42. The molecular weight excluding hydrogens is 314 g/mol. The fraction of sp³-hybridized carbons (Fsp3) is 0.529. The minimum Gasteiger partial charge on any atom is -0.331 e. The number of carbonyl (C=O) groups is 2. The van der Waals surface area contributed by atoms with Gasteiger partial charge in [-0.2, -0.15) is 0 Å². The Morgan fingerprint density at radius 3 is 2.48 bits per heavy atom. The lowest BCUT2D eigenvalue weighted by atomic mass is 10.0. The van der Waals surface area contributed by atoms with Crippen molar-refractivity contribution in [1.82, 2.24) is 4.90 Å². The first-order chi connectivity index (χ1) is 10.5. The standard InChI is InChI=1S/C17H25N3O2.ClH/c1-4-19(16(21)12(2)13(3)18)15-10-11-20(17(15)22)14-8-6-5-7-9-14;/h5-9,12-13,15H,4,10-11,18H2,1-3H3;1H. The van der Waals surface area contributed by atoms with Gasteiger partial charge < -0.3 is 15.5 Å². The minimum absolute atomic E-state index is 0. The quantitative estimate of drug-likeness (QED) is 0.892. The Bertz CT molecular complexity index is 536. The van der Waals surface area contributed by atoms with Crippen molar-refractivity contribution in [3.05, 3.63) is 30.3 Å². The van der Waals surface area contributed by atoms with Gasteiger partial charge in [0.2, 0.25) is 11.8 Å². The molecule has 3 atom stereocenters. The SMILES string of the molecule is CCN(C(=O)C(C)C(C)N)C1CCN(c2ccccc2)C1=O.Cl. The normalized spacial score (nSPS) is 19.9. The molecule has 1 aromatic carbocycles. The molecule has 0 saturated carbocycles. The first-order valence-electron chi connectivity index (χ1n) is 7.89. The Balaban J connectivity index is 0.00000264. The number of amides is 2. The van der Waals surface area contributed by atoms with Crippen molar-refractivity contribution in [3.63, 3.8) is 0 Å². The smallest absolute Gasteiger partial charge is 0.249 e. The van der Waals surface area contributed by atoms with Crippen molar-refractivity contribution in [2.45, 2.75) is 39.3 Å². The van der Waals surface area contributed by atoms with Crippen molar-refractivity contribution in [2.75, 3.05) is 18.0 Å². The molecular formula is C17H26ClN3O2. The summed E-state index contributed by atoms with van der Waals surface area (Å²) in [6.45, 7) is 6.72. The zero-order valence-corrected chi connectivity index (χ0v) is 14.8. The predicted octanol–water partition coefficient (Wildman–Crippen LogP) is 2.05. The van der Waals surface area contributed by atoms with Crippen molar-refractivity contribution in [3.8, 4) is 0 Å². The minimum atomic E-state index is -0.376. The number of nitrogens with zero attached hydrogens (tertiary/aromatic N) is 2. The molecule has 1 aliphatic rings. The first kappa shape index (κ1) is 19.5. The largest absolute Gasteiger partial charge is 0.331 e. The van der Waals surface area contributed by atoms with E-state index in [9.17, 15) is 9.59 Å². The lowest BCUT2D eigenvalue weighted by molar-refractivity contribution is -0.141. The third-order valence-electron chi connectivity index (χ3n) is 4.42. The van der Waals surface area contributed by atoms with Gasteiger partial charge in [0.25, 0.3) is 0 Å². The van der Waals surface area contributed by atoms with Crippen LogP contribution in [0.25, 0.3) is 0 Å². The first-order valence-corrected chi connectivity index (χ1v) is 7.89. The predicted molar refractivity (Wildman–Crippen MR) is 94.6 cm³/mol. The van der Waals surface area contributed by atoms with E-state index in [4.69, 9.17) is 5.73 Å². The molecule has 0 aromatic heterocycles. The molecule has 3 unspecified atom stereocenters. The molecule has 0 aliphatic carbocycles. The Hall–Kier alpha value is -1.59. The second-order valence-corrected chi connectivity index (χ2v) is 5.90. The van der Waals surface area contributed by atoms with Gasteiger partial charge in [0.05, 0.1) is 5.92 Å². The van der Waals surface area contributed by atoms with Crippen molar-refractivity contribution in [1.29, 1.82) is 0 Å². The highest BCUT2D eigenvalue weighted by Gasteiger charge is 2.39. The summed E-state index contributed by atoms with van der Waals surface area (Å²) in [5.74, 6) is -0.317. The highest BCUT2D eigenvalue weighted by molar-refractivity contribution is 6.01. The summed E-state index contributed by atoms with van der Waals surface area (Å²) in [7, 11) is 0. The van der Waals surface area contributed by atoms with Gasteiger partial charge in [-0.15, -0.1) is 12.4 Å². The van der Waals surface area contributed by atoms with E-state index in [2.05, 4.69) is 0 Å². The molecule has 1 fully saturated rings. The van der Waals surface area contributed by atoms with Gasteiger partial charge in [-0.1, -0.05) is 25.1 Å². The molecule has 0 bridgehead atoms. The average molecular weight is 340 g/mol. The van der Waals surface area contributed by atoms with E-state index in [1.165, 1.54) is 0 Å². The van der Waals surface area contributed by atoms with Crippen LogP contribution in [-0.4, -0.2) is 41.9 Å². The van der Waals surface area contributed by atoms with E-state index in [1.54, 1.807) is 9.80 Å². The highest BCUT2D eigenvalue weighted by atomic mass is 35.5. The van der Waals surface area contributed by atoms with Gasteiger partial charge in [0, 0.05) is 24.8 Å². The molecule has 6 heteroatoms. The molecule has 2 amide bonds. The molecule has 1 aromatic rings. The van der Waals surface area contributed by atoms with Crippen LogP contribution in [-0.2, 0) is 9.59 Å². The van der Waals surface area contributed by atoms with Crippen LogP contribution in [0.15, 0.2) is 30.3 Å². The fourth-order valence-electron chi connectivity index (χ4n) is 2.83. The number of hydrogen-bond donors (Lipinski definition) is 1. The van der Waals surface area contributed by atoms with E-state index < -0.39 is 0 Å². The Morgan fingerprint density at radius 1 is 1.35 bits per heavy atom. The molecule has 2 rings (SSSR count). The summed E-state index contributed by atoms with van der Waals surface area (Å²) < 4.78 is 0. The van der Waals surface area contributed by atoms with Crippen LogP contribution in [0.1, 0.15) is 27.2 Å². The summed E-state index contributed by atoms with van der Waals surface area (Å²) in [4.78, 5) is 28.7. The number of halogens is 1. The van der Waals surface area contributed by atoms with Crippen molar-refractivity contribution >= 4 is 29.9 Å². The fourth-order valence-corrected chi connectivity index (χ4v) is 2.83. The van der Waals surface area contributed by atoms with Gasteiger partial charge in [-0.05, 0) is 32.4 Å². The van der Waals surface area contributed by atoms with Crippen LogP contribution in [0.4, 0.5) is 5.69 Å². The molecule has 0 radical (unpaired) electrons. The maximum absolute atomic E-state index is 12.7. The molecule has 1 heterocycles. The van der Waals surface area contributed by atoms with Gasteiger partial charge in [-0.3, -0.25) is 9.59 Å². The number of rotatable bonds is 5. The molecule has 128 valence electrons. The molecule has 5 nitrogen and oxygen atoms in total. The number of para-hydroxylation sites is 1. The molecule has 23 heavy (non-hydrogen) atoms. The molecule has 0 spiro atoms. The number of nitrogens with two attached hydrogens (primary N) is 1. The van der Waals surface area contributed by atoms with Gasteiger partial charge in [-0.25, -0.2) is 0 Å². The van der Waals surface area contributed by atoms with E-state index in [0.717, 1.165) is 5.69 Å². The van der Waals surface area contributed by atoms with Gasteiger partial charge in [0.1, 0.15) is 6.04 Å². The van der Waals surface area contributed by atoms with Crippen LogP contribution in [0.2, 0.25) is 0 Å². The Morgan fingerprint density at radius 2 is 1.96 bits per heavy atom. The molecule has 1 saturated heterocycles. The summed E-state index contributed by atoms with van der Waals surface area (Å²) >= 11 is 0.